The summed E-state index contributed by atoms with van der Waals surface area (Å²) in [6.07, 6.45) is 17.2. The predicted molar refractivity (Wildman–Crippen MR) is 82.8 cm³/mol. The van der Waals surface area contributed by atoms with Crippen molar-refractivity contribution in [1.82, 2.24) is 0 Å². The van der Waals surface area contributed by atoms with Crippen molar-refractivity contribution in [1.29, 1.82) is 0 Å². The number of carboxylic acids is 1. The van der Waals surface area contributed by atoms with Gasteiger partial charge in [-0.3, -0.25) is 4.79 Å². The van der Waals surface area contributed by atoms with E-state index < -0.39 is 5.97 Å². The van der Waals surface area contributed by atoms with Gasteiger partial charge >= 0.3 is 5.97 Å². The Bertz CT molecular complexity index is 347. The van der Waals surface area contributed by atoms with Gasteiger partial charge in [0.15, 0.2) is 0 Å². The van der Waals surface area contributed by atoms with Gasteiger partial charge in [-0.05, 0) is 31.4 Å². The van der Waals surface area contributed by atoms with E-state index in [0.717, 1.165) is 12.8 Å². The van der Waals surface area contributed by atoms with E-state index in [0.29, 0.717) is 13.2 Å². The van der Waals surface area contributed by atoms with Crippen LogP contribution >= 0.6 is 0 Å². The lowest BCUT2D eigenvalue weighted by molar-refractivity contribution is -0.135. The number of aliphatic carboxylic acids is 1. The maximum atomic E-state index is 10.2. The standard InChI is InChI=1S/C17H26O3/c1-2-3-4-5-6-7-9-12-15-20-16-13-10-8-11-14-17(18)19/h5-6,9-12H,2-4,7,13-16H2,1H3,(H,18,19). The van der Waals surface area contributed by atoms with Gasteiger partial charge in [-0.15, -0.1) is 5.73 Å². The van der Waals surface area contributed by atoms with Crippen molar-refractivity contribution in [2.24, 2.45) is 0 Å². The van der Waals surface area contributed by atoms with Gasteiger partial charge in [0.05, 0.1) is 19.6 Å². The van der Waals surface area contributed by atoms with Crippen LogP contribution in [0.2, 0.25) is 0 Å². The van der Waals surface area contributed by atoms with E-state index in [2.05, 4.69) is 30.9 Å². The molecule has 0 atom stereocenters. The van der Waals surface area contributed by atoms with Crippen LogP contribution in [0.3, 0.4) is 0 Å². The second kappa shape index (κ2) is 15.5. The van der Waals surface area contributed by atoms with Crippen LogP contribution in [0.4, 0.5) is 0 Å². The fourth-order valence-corrected chi connectivity index (χ4v) is 1.39. The summed E-state index contributed by atoms with van der Waals surface area (Å²) < 4.78 is 5.39. The summed E-state index contributed by atoms with van der Waals surface area (Å²) >= 11 is 0. The lowest BCUT2D eigenvalue weighted by atomic mass is 10.2. The van der Waals surface area contributed by atoms with Crippen LogP contribution in [0.15, 0.2) is 42.2 Å². The summed E-state index contributed by atoms with van der Waals surface area (Å²) in [5.74, 6) is -0.837. The lowest BCUT2D eigenvalue weighted by Gasteiger charge is -1.95. The Balaban J connectivity index is 3.37. The normalized spacial score (nSPS) is 10.8. The smallest absolute Gasteiger partial charge is 0.307 e. The summed E-state index contributed by atoms with van der Waals surface area (Å²) in [6.45, 7) is 3.45. The highest BCUT2D eigenvalue weighted by molar-refractivity contribution is 5.68. The van der Waals surface area contributed by atoms with E-state index in [1.807, 2.05) is 6.08 Å². The Kier molecular flexibility index (Phi) is 14.3. The molecule has 0 spiro atoms. The molecule has 0 aliphatic carbocycles. The Morgan fingerprint density at radius 2 is 1.95 bits per heavy atom. The highest BCUT2D eigenvalue weighted by Gasteiger charge is 1.87. The van der Waals surface area contributed by atoms with E-state index in [9.17, 15) is 4.79 Å². The minimum absolute atomic E-state index is 0.0197. The number of rotatable bonds is 12. The molecule has 0 aromatic carbocycles. The number of carbonyl (C=O) groups is 1. The van der Waals surface area contributed by atoms with Gasteiger partial charge in [-0.2, -0.15) is 0 Å². The van der Waals surface area contributed by atoms with Crippen LogP contribution in [0.1, 0.15) is 45.4 Å². The fourth-order valence-electron chi connectivity index (χ4n) is 1.39. The number of carboxylic acid groups (broad SMARTS) is 1. The van der Waals surface area contributed by atoms with Crippen molar-refractivity contribution in [2.45, 2.75) is 45.4 Å². The van der Waals surface area contributed by atoms with Crippen LogP contribution < -0.4 is 0 Å². The average molecular weight is 278 g/mol. The van der Waals surface area contributed by atoms with Crippen LogP contribution in [-0.4, -0.2) is 24.3 Å². The first-order chi connectivity index (χ1) is 9.77. The molecule has 0 saturated heterocycles. The topological polar surface area (TPSA) is 46.5 Å². The number of allylic oxidation sites excluding steroid dienone is 3. The molecule has 0 heterocycles. The van der Waals surface area contributed by atoms with Gasteiger partial charge in [-0.25, -0.2) is 0 Å². The third kappa shape index (κ3) is 16.4. The Morgan fingerprint density at radius 1 is 1.15 bits per heavy atom. The van der Waals surface area contributed by atoms with E-state index in [4.69, 9.17) is 9.84 Å². The third-order valence-corrected chi connectivity index (χ3v) is 2.46. The molecular formula is C17H26O3. The van der Waals surface area contributed by atoms with Gasteiger partial charge in [0.1, 0.15) is 0 Å². The zero-order chi connectivity index (χ0) is 14.9. The number of unbranched alkanes of at least 4 members (excludes halogenated alkanes) is 2. The van der Waals surface area contributed by atoms with E-state index in [1.165, 1.54) is 25.3 Å². The molecule has 20 heavy (non-hydrogen) atoms. The van der Waals surface area contributed by atoms with Crippen molar-refractivity contribution >= 4 is 5.97 Å². The van der Waals surface area contributed by atoms with Crippen LogP contribution in [0.5, 0.6) is 0 Å². The summed E-state index contributed by atoms with van der Waals surface area (Å²) in [6, 6.07) is 0. The lowest BCUT2D eigenvalue weighted by Crippen LogP contribution is -1.92. The summed E-state index contributed by atoms with van der Waals surface area (Å²) in [5, 5.41) is 8.40. The largest absolute Gasteiger partial charge is 0.481 e. The quantitative estimate of drug-likeness (QED) is 0.329. The molecule has 0 fully saturated rings. The zero-order valence-corrected chi connectivity index (χ0v) is 12.4. The monoisotopic (exact) mass is 278 g/mol. The summed E-state index contributed by atoms with van der Waals surface area (Å²) in [7, 11) is 0. The Morgan fingerprint density at radius 3 is 2.70 bits per heavy atom. The molecule has 0 radical (unpaired) electrons. The molecule has 0 bridgehead atoms. The minimum atomic E-state index is -0.837. The van der Waals surface area contributed by atoms with Crippen molar-refractivity contribution < 1.29 is 14.6 Å². The van der Waals surface area contributed by atoms with E-state index in [1.54, 1.807) is 6.08 Å². The highest BCUT2D eigenvalue weighted by atomic mass is 16.5. The SMILES string of the molecule is CCCCC=CCC=CCOCCC=C=CCC(=O)O. The second-order valence-electron chi connectivity index (χ2n) is 4.36. The van der Waals surface area contributed by atoms with Crippen LogP contribution in [0.25, 0.3) is 0 Å². The summed E-state index contributed by atoms with van der Waals surface area (Å²) in [5.41, 5.74) is 2.81. The molecule has 0 aromatic heterocycles. The maximum Gasteiger partial charge on any atom is 0.307 e. The molecule has 0 saturated carbocycles. The molecule has 0 aromatic rings. The average Bonchev–Trinajstić information content (AvgIpc) is 2.43. The Hall–Kier alpha value is -1.57. The van der Waals surface area contributed by atoms with Gasteiger partial charge in [0.25, 0.3) is 0 Å². The molecule has 3 nitrogen and oxygen atoms in total. The fraction of sp³-hybridized carbons (Fsp3) is 0.529. The van der Waals surface area contributed by atoms with E-state index >= 15 is 0 Å². The van der Waals surface area contributed by atoms with Gasteiger partial charge in [0.2, 0.25) is 0 Å². The molecule has 3 heteroatoms. The van der Waals surface area contributed by atoms with Crippen LogP contribution in [-0.2, 0) is 9.53 Å². The zero-order valence-electron chi connectivity index (χ0n) is 12.4. The maximum absolute atomic E-state index is 10.2. The first-order valence-corrected chi connectivity index (χ1v) is 7.26. The van der Waals surface area contributed by atoms with Crippen molar-refractivity contribution in [3.05, 3.63) is 42.2 Å². The molecule has 0 rings (SSSR count). The van der Waals surface area contributed by atoms with Crippen molar-refractivity contribution in [3.63, 3.8) is 0 Å². The molecule has 0 unspecified atom stereocenters. The predicted octanol–water partition coefficient (Wildman–Crippen LogP) is 4.27. The first-order valence-electron chi connectivity index (χ1n) is 7.26. The van der Waals surface area contributed by atoms with Gasteiger partial charge < -0.3 is 9.84 Å². The molecule has 112 valence electrons. The first kappa shape index (κ1) is 18.4. The minimum Gasteiger partial charge on any atom is -0.481 e. The number of ether oxygens (including phenoxy) is 1. The molecular weight excluding hydrogens is 252 g/mol. The molecule has 0 aliphatic rings. The molecule has 1 N–H and O–H groups in total. The number of hydrogen-bond acceptors (Lipinski definition) is 2. The molecule has 0 aliphatic heterocycles. The molecule has 0 amide bonds. The van der Waals surface area contributed by atoms with Crippen LogP contribution in [0, 0.1) is 0 Å². The summed E-state index contributed by atoms with van der Waals surface area (Å²) in [4.78, 5) is 10.2. The van der Waals surface area contributed by atoms with Crippen molar-refractivity contribution in [3.8, 4) is 0 Å². The Labute approximate surface area is 122 Å². The third-order valence-electron chi connectivity index (χ3n) is 2.46. The highest BCUT2D eigenvalue weighted by Crippen LogP contribution is 1.96. The van der Waals surface area contributed by atoms with Gasteiger partial charge in [0, 0.05) is 0 Å². The van der Waals surface area contributed by atoms with Crippen molar-refractivity contribution in [2.75, 3.05) is 13.2 Å². The van der Waals surface area contributed by atoms with Gasteiger partial charge in [-0.1, -0.05) is 44.1 Å². The van der Waals surface area contributed by atoms with E-state index in [-0.39, 0.29) is 6.42 Å². The number of hydrogen-bond donors (Lipinski definition) is 1. The second-order valence-corrected chi connectivity index (χ2v) is 4.36.